The molecule has 0 saturated carbocycles. The third-order valence-electron chi connectivity index (χ3n) is 2.15. The van der Waals surface area contributed by atoms with Crippen molar-refractivity contribution in [3.05, 3.63) is 29.8 Å². The Kier molecular flexibility index (Phi) is 1.96. The average Bonchev–Trinajstić information content (AvgIpc) is 2.48. The maximum absolute atomic E-state index is 11.2. The maximum Gasteiger partial charge on any atom is 0.248 e. The number of hydrazone groups is 1. The Hall–Kier alpha value is -1.84. The van der Waals surface area contributed by atoms with Gasteiger partial charge in [-0.1, -0.05) is 0 Å². The Morgan fingerprint density at radius 1 is 1.36 bits per heavy atom. The fraction of sp³-hybridized carbons (Fsp3) is 0.200. The minimum Gasteiger partial charge on any atom is -0.508 e. The van der Waals surface area contributed by atoms with Gasteiger partial charge in [-0.05, 0) is 29.8 Å². The number of carbonyl (C=O) groups excluding carboxylic acids is 1. The van der Waals surface area contributed by atoms with Crippen molar-refractivity contribution in [2.24, 2.45) is 5.10 Å². The van der Waals surface area contributed by atoms with Gasteiger partial charge in [0, 0.05) is 7.05 Å². The van der Waals surface area contributed by atoms with E-state index in [-0.39, 0.29) is 11.7 Å². The Labute approximate surface area is 81.5 Å². The predicted octanol–water partition coefficient (Wildman–Crippen LogP) is 0.958. The summed E-state index contributed by atoms with van der Waals surface area (Å²) in [7, 11) is 1.63. The van der Waals surface area contributed by atoms with Crippen molar-refractivity contribution < 1.29 is 9.90 Å². The molecule has 2 rings (SSSR count). The molecule has 1 aromatic carbocycles. The molecule has 1 aromatic rings. The molecule has 1 heterocycles. The first-order valence-corrected chi connectivity index (χ1v) is 4.30. The molecule has 0 fully saturated rings. The van der Waals surface area contributed by atoms with Gasteiger partial charge in [-0.3, -0.25) is 4.79 Å². The summed E-state index contributed by atoms with van der Waals surface area (Å²) in [5.41, 5.74) is 1.62. The number of nitrogens with zero attached hydrogens (tertiary/aromatic N) is 2. The minimum absolute atomic E-state index is 0.00641. The third-order valence-corrected chi connectivity index (χ3v) is 2.15. The van der Waals surface area contributed by atoms with Crippen LogP contribution in [-0.4, -0.2) is 28.8 Å². The smallest absolute Gasteiger partial charge is 0.248 e. The van der Waals surface area contributed by atoms with Crippen molar-refractivity contribution in [2.75, 3.05) is 7.05 Å². The molecule has 14 heavy (non-hydrogen) atoms. The highest BCUT2D eigenvalue weighted by atomic mass is 16.3. The van der Waals surface area contributed by atoms with Crippen LogP contribution in [0.25, 0.3) is 0 Å². The number of rotatable bonds is 1. The van der Waals surface area contributed by atoms with E-state index in [4.69, 9.17) is 5.11 Å². The fourth-order valence-electron chi connectivity index (χ4n) is 1.34. The molecular formula is C10H10N2O2. The van der Waals surface area contributed by atoms with Crippen molar-refractivity contribution in [3.63, 3.8) is 0 Å². The Bertz CT molecular complexity index is 395. The number of amides is 1. The van der Waals surface area contributed by atoms with Crippen LogP contribution in [0.2, 0.25) is 0 Å². The van der Waals surface area contributed by atoms with Gasteiger partial charge in [0.1, 0.15) is 5.75 Å². The Balaban J connectivity index is 2.29. The molecule has 0 spiro atoms. The SMILES string of the molecule is CN1N=C(c2ccc(O)cc2)CC1=O. The Morgan fingerprint density at radius 2 is 2.00 bits per heavy atom. The molecule has 1 N–H and O–H groups in total. The van der Waals surface area contributed by atoms with Crippen LogP contribution >= 0.6 is 0 Å². The molecule has 0 unspecified atom stereocenters. The van der Waals surface area contributed by atoms with Crippen LogP contribution in [0.1, 0.15) is 12.0 Å². The highest BCUT2D eigenvalue weighted by molar-refractivity contribution is 6.13. The molecular weight excluding hydrogens is 180 g/mol. The van der Waals surface area contributed by atoms with Gasteiger partial charge in [0.25, 0.3) is 0 Å². The summed E-state index contributed by atoms with van der Waals surface area (Å²) in [5.74, 6) is 0.208. The molecule has 72 valence electrons. The van der Waals surface area contributed by atoms with E-state index in [1.807, 2.05) is 0 Å². The molecule has 0 saturated heterocycles. The van der Waals surface area contributed by atoms with Gasteiger partial charge in [-0.15, -0.1) is 0 Å². The summed E-state index contributed by atoms with van der Waals surface area (Å²) < 4.78 is 0. The third kappa shape index (κ3) is 1.46. The number of aromatic hydroxyl groups is 1. The molecule has 1 aliphatic heterocycles. The van der Waals surface area contributed by atoms with Crippen molar-refractivity contribution in [1.29, 1.82) is 0 Å². The van der Waals surface area contributed by atoms with Gasteiger partial charge in [0.2, 0.25) is 5.91 Å². The van der Waals surface area contributed by atoms with Crippen molar-refractivity contribution >= 4 is 11.6 Å². The van der Waals surface area contributed by atoms with Crippen LogP contribution in [0.3, 0.4) is 0 Å². The molecule has 0 aromatic heterocycles. The molecule has 4 heteroatoms. The van der Waals surface area contributed by atoms with E-state index in [1.165, 1.54) is 5.01 Å². The lowest BCUT2D eigenvalue weighted by molar-refractivity contribution is -0.127. The summed E-state index contributed by atoms with van der Waals surface area (Å²) in [6.45, 7) is 0. The number of carbonyl (C=O) groups is 1. The molecule has 4 nitrogen and oxygen atoms in total. The van der Waals surface area contributed by atoms with Crippen LogP contribution in [0.15, 0.2) is 29.4 Å². The molecule has 0 bridgehead atoms. The van der Waals surface area contributed by atoms with E-state index in [2.05, 4.69) is 5.10 Å². The van der Waals surface area contributed by atoms with E-state index >= 15 is 0 Å². The van der Waals surface area contributed by atoms with E-state index in [1.54, 1.807) is 31.3 Å². The molecule has 1 amide bonds. The number of phenolic OH excluding ortho intramolecular Hbond substituents is 1. The number of hydrogen-bond acceptors (Lipinski definition) is 3. The molecule has 0 radical (unpaired) electrons. The summed E-state index contributed by atoms with van der Waals surface area (Å²) in [6.07, 6.45) is 0.335. The first-order chi connectivity index (χ1) is 6.66. The lowest BCUT2D eigenvalue weighted by atomic mass is 10.1. The van der Waals surface area contributed by atoms with Gasteiger partial charge in [0.05, 0.1) is 12.1 Å². The van der Waals surface area contributed by atoms with Crippen LogP contribution in [-0.2, 0) is 4.79 Å². The number of benzene rings is 1. The highest BCUT2D eigenvalue weighted by Crippen LogP contribution is 2.16. The number of hydrogen-bond donors (Lipinski definition) is 1. The topological polar surface area (TPSA) is 52.9 Å². The Morgan fingerprint density at radius 3 is 2.50 bits per heavy atom. The number of phenols is 1. The first kappa shape index (κ1) is 8.74. The second-order valence-corrected chi connectivity index (χ2v) is 3.19. The minimum atomic E-state index is -0.00641. The van der Waals surface area contributed by atoms with Gasteiger partial charge >= 0.3 is 0 Å². The van der Waals surface area contributed by atoms with Crippen LogP contribution in [0.4, 0.5) is 0 Å². The quantitative estimate of drug-likeness (QED) is 0.717. The molecule has 0 aliphatic carbocycles. The van der Waals surface area contributed by atoms with Gasteiger partial charge < -0.3 is 5.11 Å². The van der Waals surface area contributed by atoms with Gasteiger partial charge in [-0.25, -0.2) is 5.01 Å². The lowest BCUT2D eigenvalue weighted by Gasteiger charge is -1.99. The lowest BCUT2D eigenvalue weighted by Crippen LogP contribution is -2.14. The van der Waals surface area contributed by atoms with Crippen molar-refractivity contribution in [2.45, 2.75) is 6.42 Å². The summed E-state index contributed by atoms with van der Waals surface area (Å²) >= 11 is 0. The van der Waals surface area contributed by atoms with Crippen LogP contribution in [0, 0.1) is 0 Å². The zero-order valence-electron chi connectivity index (χ0n) is 7.77. The van der Waals surface area contributed by atoms with E-state index in [0.29, 0.717) is 6.42 Å². The van der Waals surface area contributed by atoms with E-state index in [0.717, 1.165) is 11.3 Å². The van der Waals surface area contributed by atoms with E-state index in [9.17, 15) is 4.79 Å². The summed E-state index contributed by atoms with van der Waals surface area (Å²) in [4.78, 5) is 11.2. The van der Waals surface area contributed by atoms with Gasteiger partial charge in [-0.2, -0.15) is 5.10 Å². The average molecular weight is 190 g/mol. The van der Waals surface area contributed by atoms with Gasteiger partial charge in [0.15, 0.2) is 0 Å². The normalized spacial score (nSPS) is 15.9. The van der Waals surface area contributed by atoms with Crippen molar-refractivity contribution in [3.8, 4) is 5.75 Å². The highest BCUT2D eigenvalue weighted by Gasteiger charge is 2.20. The molecule has 0 atom stereocenters. The zero-order valence-corrected chi connectivity index (χ0v) is 7.77. The molecule has 1 aliphatic rings. The fourth-order valence-corrected chi connectivity index (χ4v) is 1.34. The summed E-state index contributed by atoms with van der Waals surface area (Å²) in [5, 5.41) is 14.5. The van der Waals surface area contributed by atoms with Crippen LogP contribution in [0.5, 0.6) is 5.75 Å². The second kappa shape index (κ2) is 3.14. The first-order valence-electron chi connectivity index (χ1n) is 4.30. The second-order valence-electron chi connectivity index (χ2n) is 3.19. The van der Waals surface area contributed by atoms with E-state index < -0.39 is 0 Å². The largest absolute Gasteiger partial charge is 0.508 e. The summed E-state index contributed by atoms with van der Waals surface area (Å²) in [6, 6.07) is 6.67. The van der Waals surface area contributed by atoms with Crippen LogP contribution < -0.4 is 0 Å². The van der Waals surface area contributed by atoms with Crippen molar-refractivity contribution in [1.82, 2.24) is 5.01 Å². The zero-order chi connectivity index (χ0) is 10.1. The maximum atomic E-state index is 11.2. The predicted molar refractivity (Wildman–Crippen MR) is 52.0 cm³/mol. The standard InChI is InChI=1S/C10H10N2O2/c1-12-10(14)6-9(11-12)7-2-4-8(13)5-3-7/h2-5,13H,6H2,1H3. The monoisotopic (exact) mass is 190 g/mol.